The van der Waals surface area contributed by atoms with Gasteiger partial charge in [-0.05, 0) is 38.4 Å². The molecular weight excluding hydrogens is 190 g/mol. The number of hydrogen-bond acceptors (Lipinski definition) is 3. The van der Waals surface area contributed by atoms with Gasteiger partial charge < -0.3 is 16.0 Å². The van der Waals surface area contributed by atoms with Crippen molar-refractivity contribution >= 4 is 5.91 Å². The second-order valence-electron chi connectivity index (χ2n) is 5.01. The van der Waals surface area contributed by atoms with E-state index in [4.69, 9.17) is 5.73 Å². The van der Waals surface area contributed by atoms with Crippen LogP contribution in [0, 0.1) is 5.41 Å². The smallest absolute Gasteiger partial charge is 0.218 e. The number of nitrogens with one attached hydrogen (secondary N) is 1. The molecule has 0 unspecified atom stereocenters. The lowest BCUT2D eigenvalue weighted by Gasteiger charge is -2.38. The molecule has 1 fully saturated rings. The van der Waals surface area contributed by atoms with E-state index < -0.39 is 0 Å². The number of likely N-dealkylation sites (tertiary alicyclic amines) is 1. The number of primary amides is 1. The number of hydrogen-bond donors (Lipinski definition) is 2. The second-order valence-corrected chi connectivity index (χ2v) is 5.01. The van der Waals surface area contributed by atoms with Gasteiger partial charge in [-0.3, -0.25) is 4.79 Å². The normalized spacial score (nSPS) is 21.5. The van der Waals surface area contributed by atoms with Crippen molar-refractivity contribution in [1.82, 2.24) is 10.2 Å². The summed E-state index contributed by atoms with van der Waals surface area (Å²) in [6.45, 7) is 6.37. The maximum atomic E-state index is 10.5. The summed E-state index contributed by atoms with van der Waals surface area (Å²) in [4.78, 5) is 12.9. The van der Waals surface area contributed by atoms with Crippen LogP contribution < -0.4 is 11.1 Å². The molecule has 1 aliphatic heterocycles. The van der Waals surface area contributed by atoms with E-state index in [1.54, 1.807) is 0 Å². The number of nitrogens with zero attached hydrogens (tertiary/aromatic N) is 1. The van der Waals surface area contributed by atoms with Crippen LogP contribution in [0.1, 0.15) is 26.2 Å². The Hall–Kier alpha value is -0.610. The van der Waals surface area contributed by atoms with E-state index in [9.17, 15) is 4.79 Å². The van der Waals surface area contributed by atoms with Crippen LogP contribution in [0.4, 0.5) is 0 Å². The minimum Gasteiger partial charge on any atom is -0.370 e. The summed E-state index contributed by atoms with van der Waals surface area (Å²) in [6.07, 6.45) is 2.90. The minimum absolute atomic E-state index is 0.226. The van der Waals surface area contributed by atoms with Gasteiger partial charge in [0.1, 0.15) is 0 Å². The summed E-state index contributed by atoms with van der Waals surface area (Å²) >= 11 is 0. The summed E-state index contributed by atoms with van der Waals surface area (Å²) in [5.74, 6) is -0.226. The Morgan fingerprint density at radius 1 is 1.47 bits per heavy atom. The molecule has 3 N–H and O–H groups in total. The molecule has 0 bridgehead atoms. The lowest BCUT2D eigenvalue weighted by Crippen LogP contribution is -2.42. The molecule has 4 heteroatoms. The molecule has 0 aromatic heterocycles. The molecule has 1 rings (SSSR count). The molecule has 0 aliphatic carbocycles. The Morgan fingerprint density at radius 3 is 2.60 bits per heavy atom. The Bertz CT molecular complexity index is 210. The number of piperidine rings is 1. The van der Waals surface area contributed by atoms with Crippen LogP contribution in [0.2, 0.25) is 0 Å². The Kier molecular flexibility index (Phi) is 4.54. The predicted octanol–water partition coefficient (Wildman–Crippen LogP) is 0.183. The van der Waals surface area contributed by atoms with E-state index in [0.717, 1.165) is 6.54 Å². The molecule has 15 heavy (non-hydrogen) atoms. The van der Waals surface area contributed by atoms with E-state index >= 15 is 0 Å². The summed E-state index contributed by atoms with van der Waals surface area (Å²) in [5, 5.41) is 3.32. The number of carbonyl (C=O) groups is 1. The van der Waals surface area contributed by atoms with Gasteiger partial charge in [0.05, 0.1) is 0 Å². The van der Waals surface area contributed by atoms with E-state index in [1.165, 1.54) is 25.9 Å². The molecule has 1 amide bonds. The lowest BCUT2D eigenvalue weighted by molar-refractivity contribution is -0.117. The summed E-state index contributed by atoms with van der Waals surface area (Å²) < 4.78 is 0. The first-order valence-electron chi connectivity index (χ1n) is 5.69. The van der Waals surface area contributed by atoms with Crippen LogP contribution in [-0.2, 0) is 4.79 Å². The third-order valence-electron chi connectivity index (χ3n) is 3.29. The first kappa shape index (κ1) is 12.5. The van der Waals surface area contributed by atoms with Gasteiger partial charge >= 0.3 is 0 Å². The average molecular weight is 213 g/mol. The maximum Gasteiger partial charge on any atom is 0.218 e. The third-order valence-corrected chi connectivity index (χ3v) is 3.29. The zero-order valence-electron chi connectivity index (χ0n) is 9.88. The third kappa shape index (κ3) is 4.62. The quantitative estimate of drug-likeness (QED) is 0.641. The van der Waals surface area contributed by atoms with Crippen LogP contribution in [0.5, 0.6) is 0 Å². The van der Waals surface area contributed by atoms with Gasteiger partial charge in [0.2, 0.25) is 5.91 Å². The van der Waals surface area contributed by atoms with Gasteiger partial charge in [0.25, 0.3) is 0 Å². The van der Waals surface area contributed by atoms with Crippen molar-refractivity contribution in [3.8, 4) is 0 Å². The SMILES string of the molecule is CN1CCC(C)(CNCCC(N)=O)CC1. The van der Waals surface area contributed by atoms with Crippen LogP contribution in [0.15, 0.2) is 0 Å². The van der Waals surface area contributed by atoms with Crippen molar-refractivity contribution in [2.45, 2.75) is 26.2 Å². The summed E-state index contributed by atoms with van der Waals surface area (Å²) in [7, 11) is 2.17. The molecule has 0 radical (unpaired) electrons. The van der Waals surface area contributed by atoms with Crippen LogP contribution in [-0.4, -0.2) is 44.0 Å². The molecule has 88 valence electrons. The van der Waals surface area contributed by atoms with Crippen molar-refractivity contribution < 1.29 is 4.79 Å². The zero-order valence-corrected chi connectivity index (χ0v) is 9.88. The number of carbonyl (C=O) groups excluding carboxylic acids is 1. The fourth-order valence-electron chi connectivity index (χ4n) is 1.94. The lowest BCUT2D eigenvalue weighted by atomic mass is 9.80. The highest BCUT2D eigenvalue weighted by molar-refractivity contribution is 5.73. The highest BCUT2D eigenvalue weighted by atomic mass is 16.1. The molecule has 0 saturated carbocycles. The largest absolute Gasteiger partial charge is 0.370 e. The van der Waals surface area contributed by atoms with Crippen LogP contribution in [0.25, 0.3) is 0 Å². The molecule has 0 aromatic carbocycles. The van der Waals surface area contributed by atoms with E-state index in [-0.39, 0.29) is 5.91 Å². The predicted molar refractivity (Wildman–Crippen MR) is 61.5 cm³/mol. The van der Waals surface area contributed by atoms with Crippen molar-refractivity contribution in [2.75, 3.05) is 33.2 Å². The Morgan fingerprint density at radius 2 is 2.07 bits per heavy atom. The van der Waals surface area contributed by atoms with Gasteiger partial charge in [0.15, 0.2) is 0 Å². The molecule has 0 aromatic rings. The van der Waals surface area contributed by atoms with Crippen molar-refractivity contribution in [3.05, 3.63) is 0 Å². The Balaban J connectivity index is 2.16. The number of nitrogens with two attached hydrogens (primary N) is 1. The first-order valence-corrected chi connectivity index (χ1v) is 5.69. The van der Waals surface area contributed by atoms with Gasteiger partial charge in [-0.1, -0.05) is 6.92 Å². The summed E-state index contributed by atoms with van der Waals surface area (Å²) in [6, 6.07) is 0. The standard InChI is InChI=1S/C11H23N3O/c1-11(4-7-14(2)8-5-11)9-13-6-3-10(12)15/h13H,3-9H2,1-2H3,(H2,12,15). The molecule has 1 aliphatic rings. The fraction of sp³-hybridized carbons (Fsp3) is 0.909. The van der Waals surface area contributed by atoms with Gasteiger partial charge in [-0.25, -0.2) is 0 Å². The van der Waals surface area contributed by atoms with Gasteiger partial charge in [-0.2, -0.15) is 0 Å². The average Bonchev–Trinajstić information content (AvgIpc) is 2.18. The zero-order chi connectivity index (χ0) is 11.3. The van der Waals surface area contributed by atoms with E-state index in [2.05, 4.69) is 24.2 Å². The Labute approximate surface area is 92.2 Å². The summed E-state index contributed by atoms with van der Waals surface area (Å²) in [5.41, 5.74) is 5.47. The second kappa shape index (κ2) is 5.47. The number of rotatable bonds is 5. The fourth-order valence-corrected chi connectivity index (χ4v) is 1.94. The van der Waals surface area contributed by atoms with Crippen molar-refractivity contribution in [3.63, 3.8) is 0 Å². The van der Waals surface area contributed by atoms with Crippen LogP contribution >= 0.6 is 0 Å². The molecule has 0 atom stereocenters. The van der Waals surface area contributed by atoms with E-state index in [0.29, 0.717) is 18.4 Å². The first-order chi connectivity index (χ1) is 7.02. The van der Waals surface area contributed by atoms with Crippen molar-refractivity contribution in [2.24, 2.45) is 11.1 Å². The number of amides is 1. The molecular formula is C11H23N3O. The molecule has 0 spiro atoms. The maximum absolute atomic E-state index is 10.5. The molecule has 1 saturated heterocycles. The van der Waals surface area contributed by atoms with E-state index in [1.807, 2.05) is 0 Å². The highest BCUT2D eigenvalue weighted by Gasteiger charge is 2.28. The monoisotopic (exact) mass is 213 g/mol. The minimum atomic E-state index is -0.226. The van der Waals surface area contributed by atoms with Gasteiger partial charge in [-0.15, -0.1) is 0 Å². The topological polar surface area (TPSA) is 58.4 Å². The highest BCUT2D eigenvalue weighted by Crippen LogP contribution is 2.29. The van der Waals surface area contributed by atoms with Crippen LogP contribution in [0.3, 0.4) is 0 Å². The molecule has 1 heterocycles. The molecule has 4 nitrogen and oxygen atoms in total. The van der Waals surface area contributed by atoms with Gasteiger partial charge in [0, 0.05) is 19.5 Å². The van der Waals surface area contributed by atoms with Crippen molar-refractivity contribution in [1.29, 1.82) is 0 Å².